The van der Waals surface area contributed by atoms with E-state index < -0.39 is 0 Å². The molecule has 0 N–H and O–H groups in total. The van der Waals surface area contributed by atoms with Crippen molar-refractivity contribution in [3.05, 3.63) is 71.8 Å². The van der Waals surface area contributed by atoms with Gasteiger partial charge < -0.3 is 0 Å². The summed E-state index contributed by atoms with van der Waals surface area (Å²) in [5.41, 5.74) is 3.41. The Morgan fingerprint density at radius 1 is 0.600 bits per heavy atom. The summed E-state index contributed by atoms with van der Waals surface area (Å²) < 4.78 is 0.172. The number of thioether (sulfide) groups is 1. The first-order valence-electron chi connectivity index (χ1n) is 9.01. The van der Waals surface area contributed by atoms with Crippen molar-refractivity contribution in [2.75, 3.05) is 0 Å². The Balaban J connectivity index is 1.93. The number of fused-ring (bicyclic) bond motifs is 2. The van der Waals surface area contributed by atoms with Crippen LogP contribution >= 0.6 is 33.3 Å². The molecule has 25 heavy (non-hydrogen) atoms. The number of benzene rings is 2. The standard InChI is InChI=1S/C22H26S3/c1-19(2)15-16-20(3,4)22(18-13-9-6-10-14-18)23-21(19,24-25-22)17-11-7-5-8-12-17/h5-14H,15-16H2,1-4H3. The van der Waals surface area contributed by atoms with Gasteiger partial charge in [-0.25, -0.2) is 0 Å². The SMILES string of the molecule is CC1(C)CCC(C)(C)C2(c3ccccc3)SSC1(c1ccccc1)S2. The van der Waals surface area contributed by atoms with Crippen molar-refractivity contribution in [1.82, 2.24) is 0 Å². The minimum Gasteiger partial charge on any atom is -0.114 e. The van der Waals surface area contributed by atoms with Crippen molar-refractivity contribution in [2.45, 2.75) is 48.7 Å². The molecule has 2 heterocycles. The van der Waals surface area contributed by atoms with Gasteiger partial charge in [0.25, 0.3) is 0 Å². The van der Waals surface area contributed by atoms with E-state index in [0.717, 1.165) is 0 Å². The van der Waals surface area contributed by atoms with Crippen LogP contribution in [0.5, 0.6) is 0 Å². The van der Waals surface area contributed by atoms with E-state index in [1.54, 1.807) is 0 Å². The van der Waals surface area contributed by atoms with Crippen molar-refractivity contribution in [1.29, 1.82) is 0 Å². The second-order valence-corrected chi connectivity index (χ2v) is 13.0. The van der Waals surface area contributed by atoms with Crippen molar-refractivity contribution in [3.8, 4) is 0 Å². The van der Waals surface area contributed by atoms with Gasteiger partial charge in [0.05, 0.1) is 0 Å². The van der Waals surface area contributed by atoms with Crippen LogP contribution in [-0.4, -0.2) is 0 Å². The minimum atomic E-state index is 0.0859. The average Bonchev–Trinajstić information content (AvgIpc) is 3.04. The summed E-state index contributed by atoms with van der Waals surface area (Å²) in [6.07, 6.45) is 2.51. The van der Waals surface area contributed by atoms with Crippen molar-refractivity contribution < 1.29 is 0 Å². The Morgan fingerprint density at radius 2 is 0.960 bits per heavy atom. The maximum absolute atomic E-state index is 2.48. The van der Waals surface area contributed by atoms with Gasteiger partial charge in [-0.3, -0.25) is 0 Å². The van der Waals surface area contributed by atoms with Gasteiger partial charge in [0.15, 0.2) is 0 Å². The molecule has 0 saturated carbocycles. The van der Waals surface area contributed by atoms with Crippen molar-refractivity contribution >= 4 is 33.3 Å². The minimum absolute atomic E-state index is 0.0859. The molecule has 2 unspecified atom stereocenters. The molecule has 2 aromatic carbocycles. The van der Waals surface area contributed by atoms with Crippen molar-refractivity contribution in [2.24, 2.45) is 10.8 Å². The second-order valence-electron chi connectivity index (χ2n) is 8.50. The van der Waals surface area contributed by atoms with Crippen LogP contribution in [-0.2, 0) is 8.16 Å². The molecule has 2 aliphatic heterocycles. The third-order valence-electron chi connectivity index (χ3n) is 6.03. The van der Waals surface area contributed by atoms with Crippen LogP contribution in [0, 0.1) is 10.8 Å². The van der Waals surface area contributed by atoms with Gasteiger partial charge >= 0.3 is 0 Å². The van der Waals surface area contributed by atoms with Gasteiger partial charge in [-0.2, -0.15) is 0 Å². The van der Waals surface area contributed by atoms with E-state index in [1.807, 2.05) is 0 Å². The predicted molar refractivity (Wildman–Crippen MR) is 116 cm³/mol. The van der Waals surface area contributed by atoms with E-state index in [9.17, 15) is 0 Å². The fourth-order valence-corrected chi connectivity index (χ4v) is 12.2. The van der Waals surface area contributed by atoms with E-state index >= 15 is 0 Å². The van der Waals surface area contributed by atoms with Crippen LogP contribution in [0.25, 0.3) is 0 Å². The highest BCUT2D eigenvalue weighted by atomic mass is 33.1. The number of hydrogen-bond acceptors (Lipinski definition) is 3. The molecule has 0 aromatic heterocycles. The topological polar surface area (TPSA) is 0 Å². The van der Waals surface area contributed by atoms with E-state index in [2.05, 4.69) is 122 Å². The van der Waals surface area contributed by atoms with Gasteiger partial charge in [-0.15, -0.1) is 11.8 Å². The normalized spacial score (nSPS) is 33.0. The zero-order chi connectivity index (χ0) is 17.8. The third-order valence-corrected chi connectivity index (χ3v) is 13.7. The lowest BCUT2D eigenvalue weighted by molar-refractivity contribution is 0.228. The lowest BCUT2D eigenvalue weighted by atomic mass is 9.73. The molecule has 0 spiro atoms. The maximum Gasteiger partial charge on any atom is 0.103 e. The number of hydrogen-bond donors (Lipinski definition) is 0. The molecule has 3 heteroatoms. The molecule has 2 bridgehead atoms. The average molecular weight is 387 g/mol. The summed E-state index contributed by atoms with van der Waals surface area (Å²) in [5, 5.41) is 0. The first-order chi connectivity index (χ1) is 11.8. The molecule has 132 valence electrons. The van der Waals surface area contributed by atoms with Crippen LogP contribution in [0.3, 0.4) is 0 Å². The monoisotopic (exact) mass is 386 g/mol. The van der Waals surface area contributed by atoms with E-state index in [4.69, 9.17) is 0 Å². The largest absolute Gasteiger partial charge is 0.114 e. The first kappa shape index (κ1) is 17.9. The Morgan fingerprint density at radius 3 is 1.32 bits per heavy atom. The molecule has 0 nitrogen and oxygen atoms in total. The van der Waals surface area contributed by atoms with E-state index in [-0.39, 0.29) is 19.0 Å². The fourth-order valence-electron chi connectivity index (χ4n) is 4.12. The van der Waals surface area contributed by atoms with Gasteiger partial charge in [0.2, 0.25) is 0 Å². The van der Waals surface area contributed by atoms with Crippen LogP contribution in [0.15, 0.2) is 60.7 Å². The lowest BCUT2D eigenvalue weighted by Gasteiger charge is -2.42. The summed E-state index contributed by atoms with van der Waals surface area (Å²) >= 11 is 2.21. The Hall–Kier alpha value is -0.510. The van der Waals surface area contributed by atoms with E-state index in [1.165, 1.54) is 24.0 Å². The van der Waals surface area contributed by atoms with E-state index in [0.29, 0.717) is 0 Å². The van der Waals surface area contributed by atoms with Gasteiger partial charge in [-0.05, 0) is 34.8 Å². The third kappa shape index (κ3) is 2.53. The van der Waals surface area contributed by atoms with Gasteiger partial charge in [0.1, 0.15) is 8.16 Å². The molecule has 0 aliphatic carbocycles. The van der Waals surface area contributed by atoms with Crippen molar-refractivity contribution in [3.63, 3.8) is 0 Å². The molecule has 2 fully saturated rings. The summed E-state index contributed by atoms with van der Waals surface area (Å²) in [6.45, 7) is 9.90. The molecule has 4 rings (SSSR count). The van der Waals surface area contributed by atoms with Crippen LogP contribution in [0.4, 0.5) is 0 Å². The Labute approximate surface area is 164 Å². The highest BCUT2D eigenvalue weighted by molar-refractivity contribution is 8.83. The summed E-state index contributed by atoms with van der Waals surface area (Å²) in [7, 11) is 4.22. The number of rotatable bonds is 2. The van der Waals surface area contributed by atoms with Gasteiger partial charge in [-0.1, -0.05) is 110 Å². The molecular weight excluding hydrogens is 360 g/mol. The van der Waals surface area contributed by atoms with Crippen LogP contribution in [0.2, 0.25) is 0 Å². The first-order valence-corrected chi connectivity index (χ1v) is 12.0. The highest BCUT2D eigenvalue weighted by Crippen LogP contribution is 2.83. The molecular formula is C22H26S3. The zero-order valence-corrected chi connectivity index (χ0v) is 17.9. The maximum atomic E-state index is 2.48. The second kappa shape index (κ2) is 6.00. The zero-order valence-electron chi connectivity index (χ0n) is 15.4. The smallest absolute Gasteiger partial charge is 0.103 e. The molecule has 2 saturated heterocycles. The fraction of sp³-hybridized carbons (Fsp3) is 0.455. The summed E-state index contributed by atoms with van der Waals surface area (Å²) in [5.74, 6) is 0. The molecule has 2 atom stereocenters. The van der Waals surface area contributed by atoms with Crippen LogP contribution < -0.4 is 0 Å². The van der Waals surface area contributed by atoms with Crippen LogP contribution in [0.1, 0.15) is 51.7 Å². The summed E-state index contributed by atoms with van der Waals surface area (Å²) in [6, 6.07) is 22.4. The molecule has 0 amide bonds. The Bertz CT molecular complexity index is 688. The van der Waals surface area contributed by atoms with Gasteiger partial charge in [0, 0.05) is 0 Å². The molecule has 2 aromatic rings. The lowest BCUT2D eigenvalue weighted by Crippen LogP contribution is -2.34. The molecule has 2 aliphatic rings. The summed E-state index contributed by atoms with van der Waals surface area (Å²) in [4.78, 5) is 0. The quantitative estimate of drug-likeness (QED) is 0.486. The highest BCUT2D eigenvalue weighted by Gasteiger charge is 2.66. The molecule has 0 radical (unpaired) electrons. The predicted octanol–water partition coefficient (Wildman–Crippen LogP) is 7.67. The Kier molecular flexibility index (Phi) is 4.29.